The van der Waals surface area contributed by atoms with E-state index < -0.39 is 0 Å². The third-order valence-corrected chi connectivity index (χ3v) is 3.35. The first-order valence-corrected chi connectivity index (χ1v) is 5.96. The number of halogens is 1. The topological polar surface area (TPSA) is 30.9 Å². The third-order valence-electron chi connectivity index (χ3n) is 3.11. The van der Waals surface area contributed by atoms with E-state index in [1.807, 2.05) is 12.1 Å². The van der Waals surface area contributed by atoms with Crippen LogP contribution in [0.3, 0.4) is 0 Å². The molecule has 0 saturated carbocycles. The number of hydrogen-bond donors (Lipinski definition) is 1. The van der Waals surface area contributed by atoms with Crippen LogP contribution in [0, 0.1) is 0 Å². The lowest BCUT2D eigenvalue weighted by Gasteiger charge is -2.08. The highest BCUT2D eigenvalue weighted by Crippen LogP contribution is 2.30. The van der Waals surface area contributed by atoms with Crippen LogP contribution in [0.2, 0.25) is 5.02 Å². The predicted octanol–water partition coefficient (Wildman–Crippen LogP) is 3.28. The predicted molar refractivity (Wildman–Crippen MR) is 70.0 cm³/mol. The van der Waals surface area contributed by atoms with Crippen molar-refractivity contribution in [3.63, 3.8) is 0 Å². The Labute approximate surface area is 101 Å². The van der Waals surface area contributed by atoms with Crippen molar-refractivity contribution in [3.8, 4) is 0 Å². The first-order valence-electron chi connectivity index (χ1n) is 5.58. The summed E-state index contributed by atoms with van der Waals surface area (Å²) >= 11 is 6.01. The Morgan fingerprint density at radius 3 is 2.88 bits per heavy atom. The number of nitrogens with two attached hydrogens (primary N) is 1. The Bertz CT molecular complexity index is 502. The maximum Gasteiger partial charge on any atom is 0.0495 e. The molecule has 0 saturated heterocycles. The lowest BCUT2D eigenvalue weighted by Crippen LogP contribution is -2.04. The Hall–Kier alpha value is -0.990. The Morgan fingerprint density at radius 1 is 1.44 bits per heavy atom. The molecule has 0 aliphatic heterocycles. The molecule has 2 nitrogen and oxygen atoms in total. The number of aryl methyl sites for hydroxylation is 1. The van der Waals surface area contributed by atoms with Gasteiger partial charge in [-0.15, -0.1) is 0 Å². The van der Waals surface area contributed by atoms with Crippen LogP contribution in [0.5, 0.6) is 0 Å². The fourth-order valence-corrected chi connectivity index (χ4v) is 2.35. The quantitative estimate of drug-likeness (QED) is 0.871. The number of benzene rings is 1. The summed E-state index contributed by atoms with van der Waals surface area (Å²) in [6, 6.07) is 6.05. The van der Waals surface area contributed by atoms with E-state index in [-0.39, 0.29) is 0 Å². The highest BCUT2D eigenvalue weighted by atomic mass is 35.5. The van der Waals surface area contributed by atoms with Crippen molar-refractivity contribution in [2.24, 2.45) is 12.8 Å². The molecule has 0 bridgehead atoms. The Kier molecular flexibility index (Phi) is 3.22. The molecule has 1 heterocycles. The van der Waals surface area contributed by atoms with Gasteiger partial charge in [-0.3, -0.25) is 0 Å². The van der Waals surface area contributed by atoms with Gasteiger partial charge in [0.2, 0.25) is 0 Å². The van der Waals surface area contributed by atoms with Crippen LogP contribution in [0.25, 0.3) is 10.9 Å². The normalized spacial score (nSPS) is 13.2. The number of hydrogen-bond acceptors (Lipinski definition) is 1. The van der Waals surface area contributed by atoms with E-state index >= 15 is 0 Å². The molecule has 2 rings (SSSR count). The van der Waals surface area contributed by atoms with Gasteiger partial charge in [0.15, 0.2) is 0 Å². The van der Waals surface area contributed by atoms with E-state index in [1.165, 1.54) is 16.5 Å². The van der Waals surface area contributed by atoms with E-state index in [9.17, 15) is 0 Å². The van der Waals surface area contributed by atoms with Gasteiger partial charge >= 0.3 is 0 Å². The van der Waals surface area contributed by atoms with Gasteiger partial charge in [0.05, 0.1) is 0 Å². The fraction of sp³-hybridized carbons (Fsp3) is 0.385. The van der Waals surface area contributed by atoms with Crippen molar-refractivity contribution in [3.05, 3.63) is 35.0 Å². The molecule has 86 valence electrons. The Balaban J connectivity index is 2.55. The monoisotopic (exact) mass is 236 g/mol. The molecule has 1 atom stereocenters. The number of rotatable bonds is 3. The maximum absolute atomic E-state index is 6.01. The number of fused-ring (bicyclic) bond motifs is 1. The van der Waals surface area contributed by atoms with E-state index in [1.54, 1.807) is 0 Å². The third kappa shape index (κ3) is 1.95. The zero-order chi connectivity index (χ0) is 11.7. The molecule has 16 heavy (non-hydrogen) atoms. The van der Waals surface area contributed by atoms with Gasteiger partial charge in [-0.2, -0.15) is 0 Å². The highest BCUT2D eigenvalue weighted by Gasteiger charge is 2.12. The summed E-state index contributed by atoms with van der Waals surface area (Å²) in [6.07, 6.45) is 3.20. The average molecular weight is 237 g/mol. The Morgan fingerprint density at radius 2 is 2.19 bits per heavy atom. The van der Waals surface area contributed by atoms with Gasteiger partial charge in [0, 0.05) is 29.2 Å². The molecule has 0 spiro atoms. The highest BCUT2D eigenvalue weighted by molar-refractivity contribution is 6.31. The summed E-state index contributed by atoms with van der Waals surface area (Å²) in [5, 5.41) is 2.07. The molecular formula is C13H17ClN2. The van der Waals surface area contributed by atoms with Gasteiger partial charge in [-0.05, 0) is 36.6 Å². The minimum absolute atomic E-state index is 0.495. The van der Waals surface area contributed by atoms with Gasteiger partial charge in [0.1, 0.15) is 0 Å². The molecule has 0 radical (unpaired) electrons. The first-order chi connectivity index (χ1) is 7.63. The summed E-state index contributed by atoms with van der Waals surface area (Å²) in [5.74, 6) is 0.495. The van der Waals surface area contributed by atoms with Crippen LogP contribution in [-0.2, 0) is 7.05 Å². The smallest absolute Gasteiger partial charge is 0.0495 e. The second-order valence-corrected chi connectivity index (χ2v) is 4.77. The molecular weight excluding hydrogens is 220 g/mol. The molecule has 0 amide bonds. The minimum Gasteiger partial charge on any atom is -0.350 e. The standard InChI is InChI=1S/C13H17ClN2/c1-9(5-6-15)12-8-16(2)13-7-10(14)3-4-11(12)13/h3-4,7-9H,5-6,15H2,1-2H3. The molecule has 0 aliphatic carbocycles. The van der Waals surface area contributed by atoms with E-state index in [2.05, 4.69) is 30.8 Å². The van der Waals surface area contributed by atoms with E-state index in [4.69, 9.17) is 17.3 Å². The zero-order valence-electron chi connectivity index (χ0n) is 9.70. The van der Waals surface area contributed by atoms with Gasteiger partial charge < -0.3 is 10.3 Å². The molecule has 3 heteroatoms. The molecule has 2 aromatic rings. The van der Waals surface area contributed by atoms with Gasteiger partial charge in [-0.1, -0.05) is 24.6 Å². The SMILES string of the molecule is CC(CCN)c1cn(C)c2cc(Cl)ccc12. The lowest BCUT2D eigenvalue weighted by atomic mass is 9.97. The second-order valence-electron chi connectivity index (χ2n) is 4.34. The van der Waals surface area contributed by atoms with Crippen molar-refractivity contribution in [2.45, 2.75) is 19.3 Å². The fourth-order valence-electron chi connectivity index (χ4n) is 2.19. The zero-order valence-corrected chi connectivity index (χ0v) is 10.5. The summed E-state index contributed by atoms with van der Waals surface area (Å²) in [5.41, 5.74) is 8.16. The van der Waals surface area contributed by atoms with Crippen LogP contribution in [0.15, 0.2) is 24.4 Å². The average Bonchev–Trinajstić information content (AvgIpc) is 2.56. The molecule has 1 aromatic carbocycles. The minimum atomic E-state index is 0.495. The summed E-state index contributed by atoms with van der Waals surface area (Å²) in [4.78, 5) is 0. The first kappa shape index (κ1) is 11.5. The van der Waals surface area contributed by atoms with Crippen LogP contribution >= 0.6 is 11.6 Å². The second kappa shape index (κ2) is 4.48. The molecule has 0 fully saturated rings. The van der Waals surface area contributed by atoms with Crippen LogP contribution in [0.1, 0.15) is 24.8 Å². The van der Waals surface area contributed by atoms with E-state index in [0.717, 1.165) is 18.0 Å². The summed E-state index contributed by atoms with van der Waals surface area (Å²) < 4.78 is 2.13. The van der Waals surface area contributed by atoms with Crippen LogP contribution in [0.4, 0.5) is 0 Å². The van der Waals surface area contributed by atoms with E-state index in [0.29, 0.717) is 5.92 Å². The van der Waals surface area contributed by atoms with Crippen LogP contribution < -0.4 is 5.73 Å². The van der Waals surface area contributed by atoms with Crippen LogP contribution in [-0.4, -0.2) is 11.1 Å². The van der Waals surface area contributed by atoms with Crippen molar-refractivity contribution >= 4 is 22.5 Å². The molecule has 0 aliphatic rings. The summed E-state index contributed by atoms with van der Waals surface area (Å²) in [6.45, 7) is 2.95. The summed E-state index contributed by atoms with van der Waals surface area (Å²) in [7, 11) is 2.05. The van der Waals surface area contributed by atoms with Crippen molar-refractivity contribution in [1.29, 1.82) is 0 Å². The van der Waals surface area contributed by atoms with Crippen molar-refractivity contribution < 1.29 is 0 Å². The molecule has 1 unspecified atom stereocenters. The number of nitrogens with zero attached hydrogens (tertiary/aromatic N) is 1. The van der Waals surface area contributed by atoms with Crippen molar-refractivity contribution in [2.75, 3.05) is 6.54 Å². The largest absolute Gasteiger partial charge is 0.350 e. The van der Waals surface area contributed by atoms with Gasteiger partial charge in [0.25, 0.3) is 0 Å². The van der Waals surface area contributed by atoms with Gasteiger partial charge in [-0.25, -0.2) is 0 Å². The lowest BCUT2D eigenvalue weighted by molar-refractivity contribution is 0.692. The van der Waals surface area contributed by atoms with Crippen molar-refractivity contribution in [1.82, 2.24) is 4.57 Å². The molecule has 1 aromatic heterocycles. The number of aromatic nitrogens is 1. The molecule has 2 N–H and O–H groups in total. The maximum atomic E-state index is 6.01.